The first-order chi connectivity index (χ1) is 22.1. The molecule has 230 valence electrons. The maximum Gasteiger partial charge on any atom is 0.0343 e. The van der Waals surface area contributed by atoms with E-state index in [0.717, 1.165) is 0 Å². The fourth-order valence-electron chi connectivity index (χ4n) is 6.29. The molecule has 0 aliphatic carbocycles. The van der Waals surface area contributed by atoms with Gasteiger partial charge in [-0.2, -0.15) is 0 Å². The van der Waals surface area contributed by atoms with E-state index in [1.807, 2.05) is 21.6 Å². The Hall–Kier alpha value is -3.98. The Labute approximate surface area is 283 Å². The fraction of sp³-hybridized carbons (Fsp3) is 0.182. The van der Waals surface area contributed by atoms with Crippen molar-refractivity contribution < 1.29 is 0 Å². The monoisotopic (exact) mass is 634 g/mol. The highest BCUT2D eigenvalue weighted by Gasteiger charge is 2.21. The largest absolute Gasteiger partial charge is 0.0610 e. The van der Waals surface area contributed by atoms with E-state index in [1.165, 1.54) is 98.8 Å². The second-order valence-corrected chi connectivity index (χ2v) is 15.0. The molecule has 2 heteroatoms. The van der Waals surface area contributed by atoms with Crippen LogP contribution in [0.5, 0.6) is 0 Å². The van der Waals surface area contributed by atoms with E-state index in [0.29, 0.717) is 0 Å². The number of aryl methyl sites for hydroxylation is 8. The van der Waals surface area contributed by atoms with E-state index in [-0.39, 0.29) is 0 Å². The van der Waals surface area contributed by atoms with E-state index >= 15 is 0 Å². The molecule has 0 nitrogen and oxygen atoms in total. The third kappa shape index (κ3) is 6.47. The molecule has 0 N–H and O–H groups in total. The van der Waals surface area contributed by atoms with Crippen LogP contribution >= 0.6 is 21.6 Å². The molecular weight excluding hydrogens is 593 g/mol. The van der Waals surface area contributed by atoms with Crippen molar-refractivity contribution in [2.45, 2.75) is 65.2 Å². The first-order valence-electron chi connectivity index (χ1n) is 16.0. The lowest BCUT2D eigenvalue weighted by atomic mass is 9.93. The maximum absolute atomic E-state index is 2.35. The zero-order valence-electron chi connectivity index (χ0n) is 28.2. The summed E-state index contributed by atoms with van der Waals surface area (Å²) in [5, 5.41) is 0. The van der Waals surface area contributed by atoms with Gasteiger partial charge in [-0.3, -0.25) is 0 Å². The van der Waals surface area contributed by atoms with Crippen molar-refractivity contribution in [1.29, 1.82) is 0 Å². The first-order valence-corrected chi connectivity index (χ1v) is 18.2. The minimum absolute atomic E-state index is 1.28. The third-order valence-electron chi connectivity index (χ3n) is 8.97. The Bertz CT molecular complexity index is 1790. The predicted molar refractivity (Wildman–Crippen MR) is 204 cm³/mol. The van der Waals surface area contributed by atoms with Crippen molar-refractivity contribution in [2.24, 2.45) is 0 Å². The summed E-state index contributed by atoms with van der Waals surface area (Å²) in [6.07, 6.45) is 0. The lowest BCUT2D eigenvalue weighted by Crippen LogP contribution is -1.94. The molecule has 0 aromatic heterocycles. The minimum Gasteiger partial charge on any atom is -0.0610 e. The number of hydrogen-bond donors (Lipinski definition) is 0. The molecule has 0 amide bonds. The van der Waals surface area contributed by atoms with Crippen molar-refractivity contribution >= 4 is 21.6 Å². The average molecular weight is 635 g/mol. The summed E-state index contributed by atoms with van der Waals surface area (Å²) < 4.78 is 0. The molecule has 6 aromatic rings. The van der Waals surface area contributed by atoms with Crippen LogP contribution in [0.25, 0.3) is 44.5 Å². The quantitative estimate of drug-likeness (QED) is 0.160. The van der Waals surface area contributed by atoms with Crippen molar-refractivity contribution in [1.82, 2.24) is 0 Å². The van der Waals surface area contributed by atoms with Gasteiger partial charge in [-0.15, -0.1) is 0 Å². The normalized spacial score (nSPS) is 11.2. The molecular formula is C44H42S2. The summed E-state index contributed by atoms with van der Waals surface area (Å²) in [6.45, 7) is 17.7. The molecule has 0 heterocycles. The van der Waals surface area contributed by atoms with E-state index < -0.39 is 0 Å². The lowest BCUT2D eigenvalue weighted by Gasteiger charge is -2.21. The van der Waals surface area contributed by atoms with Gasteiger partial charge in [-0.1, -0.05) is 153 Å². The lowest BCUT2D eigenvalue weighted by molar-refractivity contribution is 1.33. The van der Waals surface area contributed by atoms with E-state index in [4.69, 9.17) is 0 Å². The van der Waals surface area contributed by atoms with Crippen molar-refractivity contribution in [2.75, 3.05) is 0 Å². The van der Waals surface area contributed by atoms with Crippen LogP contribution in [0.4, 0.5) is 0 Å². The van der Waals surface area contributed by atoms with E-state index in [2.05, 4.69) is 165 Å². The van der Waals surface area contributed by atoms with Crippen molar-refractivity contribution in [3.63, 3.8) is 0 Å². The molecule has 0 unspecified atom stereocenters. The van der Waals surface area contributed by atoms with Crippen LogP contribution in [0.3, 0.4) is 0 Å². The Morgan fingerprint density at radius 3 is 0.761 bits per heavy atom. The molecule has 0 saturated carbocycles. The first kappa shape index (κ1) is 32.0. The Kier molecular flexibility index (Phi) is 9.32. The van der Waals surface area contributed by atoms with Crippen LogP contribution in [0.15, 0.2) is 119 Å². The summed E-state index contributed by atoms with van der Waals surface area (Å²) >= 11 is 0. The minimum atomic E-state index is 1.28. The molecule has 6 rings (SSSR count). The molecule has 0 atom stereocenters. The topological polar surface area (TPSA) is 0 Å². The molecule has 46 heavy (non-hydrogen) atoms. The summed E-state index contributed by atoms with van der Waals surface area (Å²) in [6, 6.07) is 40.9. The van der Waals surface area contributed by atoms with Crippen LogP contribution in [-0.4, -0.2) is 0 Å². The fourth-order valence-corrected chi connectivity index (χ4v) is 9.10. The number of benzene rings is 6. The molecule has 0 fully saturated rings. The van der Waals surface area contributed by atoms with E-state index in [9.17, 15) is 0 Å². The molecule has 0 spiro atoms. The van der Waals surface area contributed by atoms with Crippen LogP contribution in [0, 0.1) is 55.4 Å². The Morgan fingerprint density at radius 2 is 0.522 bits per heavy atom. The summed E-state index contributed by atoms with van der Waals surface area (Å²) in [5.74, 6) is 0. The smallest absolute Gasteiger partial charge is 0.0343 e. The summed E-state index contributed by atoms with van der Waals surface area (Å²) in [4.78, 5) is 2.61. The summed E-state index contributed by atoms with van der Waals surface area (Å²) in [5.41, 5.74) is 20.6. The summed E-state index contributed by atoms with van der Waals surface area (Å²) in [7, 11) is 3.80. The molecule has 0 aliphatic heterocycles. The third-order valence-corrected chi connectivity index (χ3v) is 11.5. The highest BCUT2D eigenvalue weighted by molar-refractivity contribution is 8.76. The van der Waals surface area contributed by atoms with E-state index in [1.54, 1.807) is 0 Å². The van der Waals surface area contributed by atoms with Gasteiger partial charge in [0.2, 0.25) is 0 Å². The predicted octanol–water partition coefficient (Wildman–Crippen LogP) is 13.6. The van der Waals surface area contributed by atoms with Gasteiger partial charge in [0.15, 0.2) is 0 Å². The van der Waals surface area contributed by atoms with Gasteiger partial charge < -0.3 is 0 Å². The van der Waals surface area contributed by atoms with Gasteiger partial charge in [-0.25, -0.2) is 0 Å². The maximum atomic E-state index is 2.35. The molecule has 6 aromatic carbocycles. The van der Waals surface area contributed by atoms with Gasteiger partial charge in [0, 0.05) is 9.79 Å². The highest BCUT2D eigenvalue weighted by atomic mass is 33.1. The van der Waals surface area contributed by atoms with Crippen molar-refractivity contribution in [3.8, 4) is 44.5 Å². The second-order valence-electron chi connectivity index (χ2n) is 12.8. The number of hydrogen-bond acceptors (Lipinski definition) is 2. The van der Waals surface area contributed by atoms with Crippen LogP contribution in [-0.2, 0) is 0 Å². The zero-order valence-corrected chi connectivity index (χ0v) is 29.8. The number of rotatable bonds is 7. The van der Waals surface area contributed by atoms with Gasteiger partial charge >= 0.3 is 0 Å². The van der Waals surface area contributed by atoms with Gasteiger partial charge in [0.25, 0.3) is 0 Å². The van der Waals surface area contributed by atoms with Crippen LogP contribution in [0.1, 0.15) is 44.5 Å². The SMILES string of the molecule is Cc1ccc(C)c(-c2cccc(-c3cc(C)ccc3C)c2SSc2c(-c3cc(C)ccc3C)cccc2-c2cc(C)ccc2C)c1. The molecule has 0 bridgehead atoms. The van der Waals surface area contributed by atoms with Gasteiger partial charge in [-0.05, 0) is 122 Å². The van der Waals surface area contributed by atoms with Crippen LogP contribution < -0.4 is 0 Å². The highest BCUT2D eigenvalue weighted by Crippen LogP contribution is 2.52. The Balaban J connectivity index is 1.59. The van der Waals surface area contributed by atoms with Crippen LogP contribution in [0.2, 0.25) is 0 Å². The average Bonchev–Trinajstić information content (AvgIpc) is 3.04. The van der Waals surface area contributed by atoms with Crippen molar-refractivity contribution in [3.05, 3.63) is 154 Å². The molecule has 0 aliphatic rings. The standard InChI is InChI=1S/C44H42S2/c1-27-15-19-31(5)39(23-27)35-11-9-12-36(40-24-28(2)16-20-32(40)6)43(35)45-46-44-37(41-25-29(3)17-21-33(41)7)13-10-14-38(44)42-26-30(4)18-22-34(42)8/h9-26H,1-8H3. The zero-order chi connectivity index (χ0) is 32.5. The van der Waals surface area contributed by atoms with Gasteiger partial charge in [0.1, 0.15) is 0 Å². The molecule has 0 saturated heterocycles. The molecule has 0 radical (unpaired) electrons. The van der Waals surface area contributed by atoms with Gasteiger partial charge in [0.05, 0.1) is 0 Å². The second kappa shape index (κ2) is 13.4. The Morgan fingerprint density at radius 1 is 0.283 bits per heavy atom.